The highest BCUT2D eigenvalue weighted by Crippen LogP contribution is 2.29. The SMILES string of the molecule is O=C(CCC1CCCC1)N1CCC(Cc2n[nH]c(=O)n2-c2ccccc2F)CC1. The second-order valence-electron chi connectivity index (χ2n) is 8.45. The molecule has 2 aromatic rings. The van der Waals surface area contributed by atoms with Gasteiger partial charge in [0.25, 0.3) is 0 Å². The van der Waals surface area contributed by atoms with E-state index in [1.807, 2.05) is 4.90 Å². The van der Waals surface area contributed by atoms with Crippen LogP contribution in [0.2, 0.25) is 0 Å². The molecule has 0 atom stereocenters. The lowest BCUT2D eigenvalue weighted by Crippen LogP contribution is -2.39. The van der Waals surface area contributed by atoms with Gasteiger partial charge in [0.2, 0.25) is 5.91 Å². The minimum absolute atomic E-state index is 0.223. The van der Waals surface area contributed by atoms with E-state index in [0.717, 1.165) is 38.3 Å². The van der Waals surface area contributed by atoms with Crippen molar-refractivity contribution >= 4 is 5.91 Å². The second-order valence-corrected chi connectivity index (χ2v) is 8.45. The maximum atomic E-state index is 14.2. The van der Waals surface area contributed by atoms with Gasteiger partial charge >= 0.3 is 5.69 Å². The highest BCUT2D eigenvalue weighted by atomic mass is 19.1. The van der Waals surface area contributed by atoms with Crippen molar-refractivity contribution in [1.29, 1.82) is 0 Å². The lowest BCUT2D eigenvalue weighted by molar-refractivity contribution is -0.132. The molecule has 156 valence electrons. The quantitative estimate of drug-likeness (QED) is 0.807. The summed E-state index contributed by atoms with van der Waals surface area (Å²) in [5.74, 6) is 1.45. The molecule has 1 aliphatic heterocycles. The van der Waals surface area contributed by atoms with Gasteiger partial charge in [-0.15, -0.1) is 0 Å². The molecule has 1 N–H and O–H groups in total. The van der Waals surface area contributed by atoms with E-state index >= 15 is 0 Å². The van der Waals surface area contributed by atoms with Crippen LogP contribution in [0.25, 0.3) is 5.69 Å². The smallest absolute Gasteiger partial charge is 0.343 e. The Balaban J connectivity index is 1.33. The molecule has 1 saturated heterocycles. The fourth-order valence-corrected chi connectivity index (χ4v) is 4.78. The maximum absolute atomic E-state index is 14.2. The lowest BCUT2D eigenvalue weighted by Gasteiger charge is -2.32. The lowest BCUT2D eigenvalue weighted by atomic mass is 9.92. The monoisotopic (exact) mass is 400 g/mol. The molecule has 0 unspecified atom stereocenters. The van der Waals surface area contributed by atoms with Crippen molar-refractivity contribution in [1.82, 2.24) is 19.7 Å². The Hall–Kier alpha value is -2.44. The van der Waals surface area contributed by atoms with Gasteiger partial charge in [0.1, 0.15) is 11.6 Å². The number of carbonyl (C=O) groups is 1. The first-order chi connectivity index (χ1) is 14.1. The number of H-pyrrole nitrogens is 1. The van der Waals surface area contributed by atoms with Gasteiger partial charge in [-0.3, -0.25) is 4.79 Å². The molecule has 1 aliphatic carbocycles. The van der Waals surface area contributed by atoms with Crippen LogP contribution in [0, 0.1) is 17.7 Å². The predicted octanol–water partition coefficient (Wildman–Crippen LogP) is 3.45. The summed E-state index contributed by atoms with van der Waals surface area (Å²) in [4.78, 5) is 26.7. The highest BCUT2D eigenvalue weighted by molar-refractivity contribution is 5.76. The van der Waals surface area contributed by atoms with Gasteiger partial charge in [0.05, 0.1) is 5.69 Å². The van der Waals surface area contributed by atoms with Crippen molar-refractivity contribution < 1.29 is 9.18 Å². The van der Waals surface area contributed by atoms with E-state index in [2.05, 4.69) is 10.2 Å². The van der Waals surface area contributed by atoms with Crippen LogP contribution in [0.15, 0.2) is 29.1 Å². The molecule has 0 spiro atoms. The summed E-state index contributed by atoms with van der Waals surface area (Å²) in [6.07, 6.45) is 9.25. The molecule has 1 saturated carbocycles. The fourth-order valence-electron chi connectivity index (χ4n) is 4.78. The molecule has 0 radical (unpaired) electrons. The first-order valence-corrected chi connectivity index (χ1v) is 10.8. The highest BCUT2D eigenvalue weighted by Gasteiger charge is 2.26. The van der Waals surface area contributed by atoms with Crippen LogP contribution in [0.1, 0.15) is 57.2 Å². The number of aromatic nitrogens is 3. The van der Waals surface area contributed by atoms with Gasteiger partial charge in [-0.05, 0) is 43.2 Å². The van der Waals surface area contributed by atoms with Gasteiger partial charge < -0.3 is 4.90 Å². The Morgan fingerprint density at radius 3 is 2.55 bits per heavy atom. The average molecular weight is 400 g/mol. The number of likely N-dealkylation sites (tertiary alicyclic amines) is 1. The summed E-state index contributed by atoms with van der Waals surface area (Å²) < 4.78 is 15.5. The van der Waals surface area contributed by atoms with E-state index in [0.29, 0.717) is 24.6 Å². The largest absolute Gasteiger partial charge is 0.348 e. The normalized spacial score (nSPS) is 18.4. The molecule has 2 heterocycles. The molecule has 0 bridgehead atoms. The van der Waals surface area contributed by atoms with Gasteiger partial charge in [-0.25, -0.2) is 18.9 Å². The number of amides is 1. The molecule has 1 amide bonds. The van der Waals surface area contributed by atoms with Crippen LogP contribution >= 0.6 is 0 Å². The van der Waals surface area contributed by atoms with Gasteiger partial charge in [-0.2, -0.15) is 5.10 Å². The fraction of sp³-hybridized carbons (Fsp3) is 0.591. The number of rotatable bonds is 6. The van der Waals surface area contributed by atoms with E-state index in [4.69, 9.17) is 0 Å². The topological polar surface area (TPSA) is 71.0 Å². The van der Waals surface area contributed by atoms with Crippen LogP contribution in [-0.2, 0) is 11.2 Å². The third-order valence-corrected chi connectivity index (χ3v) is 6.51. The summed E-state index contributed by atoms with van der Waals surface area (Å²) >= 11 is 0. The van der Waals surface area contributed by atoms with Gasteiger partial charge in [-0.1, -0.05) is 37.8 Å². The zero-order valence-corrected chi connectivity index (χ0v) is 16.8. The van der Waals surface area contributed by atoms with E-state index < -0.39 is 11.5 Å². The Morgan fingerprint density at radius 2 is 1.83 bits per heavy atom. The average Bonchev–Trinajstić information content (AvgIpc) is 3.37. The second kappa shape index (κ2) is 8.93. The van der Waals surface area contributed by atoms with E-state index in [9.17, 15) is 14.0 Å². The third-order valence-electron chi connectivity index (χ3n) is 6.51. The zero-order valence-electron chi connectivity index (χ0n) is 16.8. The molecule has 2 fully saturated rings. The number of para-hydroxylation sites is 1. The van der Waals surface area contributed by atoms with Crippen molar-refractivity contribution in [3.05, 3.63) is 46.4 Å². The number of carbonyl (C=O) groups excluding carboxylic acids is 1. The standard InChI is InChI=1S/C22H29FN4O2/c23-18-7-3-4-8-19(18)27-20(24-25-22(27)29)15-17-11-13-26(14-12-17)21(28)10-9-16-5-1-2-6-16/h3-4,7-8,16-17H,1-2,5-6,9-15H2,(H,25,29). The first-order valence-electron chi connectivity index (χ1n) is 10.8. The van der Waals surface area contributed by atoms with Crippen molar-refractivity contribution in [2.24, 2.45) is 11.8 Å². The van der Waals surface area contributed by atoms with Crippen LogP contribution in [0.5, 0.6) is 0 Å². The van der Waals surface area contributed by atoms with Crippen molar-refractivity contribution in [2.75, 3.05) is 13.1 Å². The zero-order chi connectivity index (χ0) is 20.2. The van der Waals surface area contributed by atoms with Gasteiger partial charge in [0, 0.05) is 25.9 Å². The number of halogens is 1. The number of hydrogen-bond acceptors (Lipinski definition) is 3. The Labute approximate surface area is 170 Å². The Bertz CT molecular complexity index is 892. The maximum Gasteiger partial charge on any atom is 0.348 e. The number of nitrogens with one attached hydrogen (secondary N) is 1. The van der Waals surface area contributed by atoms with Crippen LogP contribution in [0.4, 0.5) is 4.39 Å². The summed E-state index contributed by atoms with van der Waals surface area (Å²) in [5.41, 5.74) is -0.203. The molecular formula is C22H29FN4O2. The molecule has 2 aliphatic rings. The molecule has 7 heteroatoms. The number of hydrogen-bond donors (Lipinski definition) is 1. The minimum atomic E-state index is -0.445. The van der Waals surface area contributed by atoms with Crippen molar-refractivity contribution in [2.45, 2.75) is 57.8 Å². The molecular weight excluding hydrogens is 371 g/mol. The summed E-state index contributed by atoms with van der Waals surface area (Å²) in [7, 11) is 0. The van der Waals surface area contributed by atoms with Gasteiger partial charge in [0.15, 0.2) is 0 Å². The molecule has 1 aromatic heterocycles. The van der Waals surface area contributed by atoms with Crippen LogP contribution in [0.3, 0.4) is 0 Å². The van der Waals surface area contributed by atoms with Crippen LogP contribution < -0.4 is 5.69 Å². The third kappa shape index (κ3) is 4.60. The first kappa shape index (κ1) is 19.9. The minimum Gasteiger partial charge on any atom is -0.343 e. The Morgan fingerprint density at radius 1 is 1.10 bits per heavy atom. The molecule has 29 heavy (non-hydrogen) atoms. The summed E-state index contributed by atoms with van der Waals surface area (Å²) in [5, 5.41) is 6.58. The Kier molecular flexibility index (Phi) is 6.11. The molecule has 6 nitrogen and oxygen atoms in total. The van der Waals surface area contributed by atoms with Crippen LogP contribution in [-0.4, -0.2) is 38.7 Å². The van der Waals surface area contributed by atoms with E-state index in [1.165, 1.54) is 36.3 Å². The summed E-state index contributed by atoms with van der Waals surface area (Å²) in [6, 6.07) is 6.23. The van der Waals surface area contributed by atoms with E-state index in [-0.39, 0.29) is 11.6 Å². The number of aromatic amines is 1. The number of nitrogens with zero attached hydrogens (tertiary/aromatic N) is 3. The number of benzene rings is 1. The van der Waals surface area contributed by atoms with E-state index in [1.54, 1.807) is 18.2 Å². The van der Waals surface area contributed by atoms with Crippen molar-refractivity contribution in [3.8, 4) is 5.69 Å². The molecule has 4 rings (SSSR count). The molecule has 1 aromatic carbocycles. The van der Waals surface area contributed by atoms with Crippen molar-refractivity contribution in [3.63, 3.8) is 0 Å². The predicted molar refractivity (Wildman–Crippen MR) is 108 cm³/mol. The number of piperidine rings is 1. The summed E-state index contributed by atoms with van der Waals surface area (Å²) in [6.45, 7) is 1.50.